The van der Waals surface area contributed by atoms with E-state index in [1.807, 2.05) is 0 Å². The molecule has 1 aliphatic rings. The van der Waals surface area contributed by atoms with E-state index < -0.39 is 0 Å². The van der Waals surface area contributed by atoms with Crippen LogP contribution in [-0.4, -0.2) is 25.6 Å². The normalized spacial score (nSPS) is 27.8. The van der Waals surface area contributed by atoms with E-state index in [0.29, 0.717) is 11.5 Å². The lowest BCUT2D eigenvalue weighted by Crippen LogP contribution is -2.46. The molecule has 6 nitrogen and oxygen atoms in total. The van der Waals surface area contributed by atoms with Gasteiger partial charge in [0.05, 0.1) is 0 Å². The van der Waals surface area contributed by atoms with Crippen LogP contribution in [0.1, 0.15) is 44.1 Å². The number of nitrogens with one attached hydrogen (secondary N) is 1. The largest absolute Gasteiger partial charge is 0.327 e. The van der Waals surface area contributed by atoms with Crippen molar-refractivity contribution in [3.8, 4) is 0 Å². The number of nitrogens with two attached hydrogens (primary N) is 1. The lowest BCUT2D eigenvalue weighted by atomic mass is 9.71. The third-order valence-corrected chi connectivity index (χ3v) is 4.28. The van der Waals surface area contributed by atoms with Gasteiger partial charge in [0.1, 0.15) is 5.82 Å². The highest BCUT2D eigenvalue weighted by Gasteiger charge is 2.38. The molecule has 2 unspecified atom stereocenters. The van der Waals surface area contributed by atoms with E-state index in [-0.39, 0.29) is 17.0 Å². The maximum Gasteiger partial charge on any atom is 0.274 e. The Bertz CT molecular complexity index is 673. The maximum absolute atomic E-state index is 11.9. The highest BCUT2D eigenvalue weighted by atomic mass is 16.1. The van der Waals surface area contributed by atoms with Gasteiger partial charge in [0.15, 0.2) is 0 Å². The van der Waals surface area contributed by atoms with Crippen LogP contribution < -0.4 is 11.3 Å². The first-order valence-electron chi connectivity index (χ1n) is 6.73. The van der Waals surface area contributed by atoms with Crippen LogP contribution in [0.25, 0.3) is 5.78 Å². The zero-order valence-electron chi connectivity index (χ0n) is 11.3. The predicted octanol–water partition coefficient (Wildman–Crippen LogP) is 0.885. The van der Waals surface area contributed by atoms with Crippen LogP contribution in [-0.2, 0) is 5.41 Å². The monoisotopic (exact) mass is 261 g/mol. The summed E-state index contributed by atoms with van der Waals surface area (Å²) in [6.07, 6.45) is 4.29. The van der Waals surface area contributed by atoms with Gasteiger partial charge in [-0.2, -0.15) is 9.50 Å². The number of aromatic amines is 1. The van der Waals surface area contributed by atoms with Crippen LogP contribution in [0.5, 0.6) is 0 Å². The van der Waals surface area contributed by atoms with Crippen molar-refractivity contribution in [2.75, 3.05) is 0 Å². The minimum absolute atomic E-state index is 0.0682. The quantitative estimate of drug-likeness (QED) is 0.797. The van der Waals surface area contributed by atoms with Gasteiger partial charge in [0.2, 0.25) is 0 Å². The molecule has 0 bridgehead atoms. The lowest BCUT2D eigenvalue weighted by molar-refractivity contribution is 0.259. The molecule has 2 aromatic rings. The van der Waals surface area contributed by atoms with Gasteiger partial charge < -0.3 is 5.73 Å². The Kier molecular flexibility index (Phi) is 2.70. The smallest absolute Gasteiger partial charge is 0.274 e. The Balaban J connectivity index is 2.15. The standard InChI is InChI=1S/C13H19N5O/c1-8-7-10(19)18-12(15-8)16-11(17-18)13(2)6-4-3-5-9(13)14/h7,9H,3-6,14H2,1-2H3,(H,15,16,17). The first-order valence-corrected chi connectivity index (χ1v) is 6.73. The van der Waals surface area contributed by atoms with Crippen LogP contribution in [0.15, 0.2) is 10.9 Å². The van der Waals surface area contributed by atoms with Crippen molar-refractivity contribution < 1.29 is 0 Å². The molecule has 2 heterocycles. The average molecular weight is 261 g/mol. The Morgan fingerprint density at radius 2 is 2.26 bits per heavy atom. The van der Waals surface area contributed by atoms with Gasteiger partial charge >= 0.3 is 0 Å². The van der Waals surface area contributed by atoms with E-state index in [1.165, 1.54) is 10.6 Å². The molecule has 6 heteroatoms. The molecular weight excluding hydrogens is 242 g/mol. The Labute approximate surface area is 111 Å². The molecule has 2 atom stereocenters. The summed E-state index contributed by atoms with van der Waals surface area (Å²) >= 11 is 0. The van der Waals surface area contributed by atoms with E-state index in [1.54, 1.807) is 6.92 Å². The molecule has 2 aromatic heterocycles. The summed E-state index contributed by atoms with van der Waals surface area (Å²) in [7, 11) is 0. The van der Waals surface area contributed by atoms with E-state index in [4.69, 9.17) is 5.73 Å². The van der Waals surface area contributed by atoms with Crippen molar-refractivity contribution in [2.24, 2.45) is 5.73 Å². The predicted molar refractivity (Wildman–Crippen MR) is 72.1 cm³/mol. The van der Waals surface area contributed by atoms with Crippen LogP contribution in [0, 0.1) is 6.92 Å². The highest BCUT2D eigenvalue weighted by molar-refractivity contribution is 5.30. The number of aryl methyl sites for hydroxylation is 1. The molecular formula is C13H19N5O. The number of nitrogens with zero attached hydrogens (tertiary/aromatic N) is 3. The molecule has 1 fully saturated rings. The molecule has 0 saturated heterocycles. The summed E-state index contributed by atoms with van der Waals surface area (Å²) in [5, 5.41) is 3.08. The molecule has 0 spiro atoms. The van der Waals surface area contributed by atoms with Crippen LogP contribution >= 0.6 is 0 Å². The topological polar surface area (TPSA) is 89.1 Å². The number of hydrogen-bond acceptors (Lipinski definition) is 4. The fraction of sp³-hybridized carbons (Fsp3) is 0.615. The van der Waals surface area contributed by atoms with Gasteiger partial charge in [-0.05, 0) is 19.8 Å². The first kappa shape index (κ1) is 12.3. The maximum atomic E-state index is 11.9. The van der Waals surface area contributed by atoms with Crippen LogP contribution in [0.4, 0.5) is 0 Å². The van der Waals surface area contributed by atoms with Crippen LogP contribution in [0.2, 0.25) is 0 Å². The van der Waals surface area contributed by atoms with E-state index in [9.17, 15) is 4.79 Å². The van der Waals surface area contributed by atoms with Crippen LogP contribution in [0.3, 0.4) is 0 Å². The fourth-order valence-electron chi connectivity index (χ4n) is 2.90. The molecule has 1 saturated carbocycles. The van der Waals surface area contributed by atoms with Crippen molar-refractivity contribution in [2.45, 2.75) is 51.0 Å². The second-order valence-corrected chi connectivity index (χ2v) is 5.71. The van der Waals surface area contributed by atoms with Crippen molar-refractivity contribution in [3.63, 3.8) is 0 Å². The summed E-state index contributed by atoms with van der Waals surface area (Å²) < 4.78 is 1.40. The molecule has 0 aliphatic heterocycles. The zero-order valence-corrected chi connectivity index (χ0v) is 11.3. The second-order valence-electron chi connectivity index (χ2n) is 5.71. The third-order valence-electron chi connectivity index (χ3n) is 4.28. The molecule has 3 rings (SSSR count). The summed E-state index contributed by atoms with van der Waals surface area (Å²) in [6.45, 7) is 3.91. The highest BCUT2D eigenvalue weighted by Crippen LogP contribution is 2.36. The third kappa shape index (κ3) is 1.87. The van der Waals surface area contributed by atoms with Crippen molar-refractivity contribution in [3.05, 3.63) is 27.9 Å². The molecule has 3 N–H and O–H groups in total. The summed E-state index contributed by atoms with van der Waals surface area (Å²) in [4.78, 5) is 20.7. The summed E-state index contributed by atoms with van der Waals surface area (Å²) in [5.41, 5.74) is 6.62. The van der Waals surface area contributed by atoms with Gasteiger partial charge in [0, 0.05) is 23.2 Å². The minimum Gasteiger partial charge on any atom is -0.327 e. The lowest BCUT2D eigenvalue weighted by Gasteiger charge is -2.37. The number of H-pyrrole nitrogens is 1. The van der Waals surface area contributed by atoms with E-state index >= 15 is 0 Å². The fourth-order valence-corrected chi connectivity index (χ4v) is 2.90. The molecule has 0 aromatic carbocycles. The van der Waals surface area contributed by atoms with Gasteiger partial charge in [-0.1, -0.05) is 19.8 Å². The van der Waals surface area contributed by atoms with Crippen molar-refractivity contribution >= 4 is 5.78 Å². The molecule has 0 radical (unpaired) electrons. The zero-order chi connectivity index (χ0) is 13.6. The number of hydrogen-bond donors (Lipinski definition) is 2. The van der Waals surface area contributed by atoms with Gasteiger partial charge in [-0.25, -0.2) is 4.98 Å². The van der Waals surface area contributed by atoms with E-state index in [2.05, 4.69) is 22.0 Å². The second kappa shape index (κ2) is 4.16. The summed E-state index contributed by atoms with van der Waals surface area (Å²) in [5.74, 6) is 1.20. The average Bonchev–Trinajstić information content (AvgIpc) is 2.77. The first-order chi connectivity index (χ1) is 9.00. The number of fused-ring (bicyclic) bond motifs is 1. The van der Waals surface area contributed by atoms with Crippen molar-refractivity contribution in [1.29, 1.82) is 0 Å². The van der Waals surface area contributed by atoms with E-state index in [0.717, 1.165) is 31.5 Å². The van der Waals surface area contributed by atoms with Gasteiger partial charge in [-0.15, -0.1) is 0 Å². The Morgan fingerprint density at radius 1 is 1.47 bits per heavy atom. The number of rotatable bonds is 1. The summed E-state index contributed by atoms with van der Waals surface area (Å²) in [6, 6.07) is 1.57. The molecule has 19 heavy (non-hydrogen) atoms. The van der Waals surface area contributed by atoms with Gasteiger partial charge in [0.25, 0.3) is 11.3 Å². The molecule has 1 aliphatic carbocycles. The minimum atomic E-state index is -0.202. The Morgan fingerprint density at radius 3 is 3.00 bits per heavy atom. The molecule has 102 valence electrons. The number of aromatic nitrogens is 4. The molecule has 0 amide bonds. The van der Waals surface area contributed by atoms with Crippen molar-refractivity contribution in [1.82, 2.24) is 19.6 Å². The Hall–Kier alpha value is -1.69. The van der Waals surface area contributed by atoms with Gasteiger partial charge in [-0.3, -0.25) is 9.89 Å². The SMILES string of the molecule is Cc1cc(=O)n2[nH]c(C3(C)CCCCC3N)nc2n1.